The third-order valence-electron chi connectivity index (χ3n) is 8.14. The van der Waals surface area contributed by atoms with Crippen LogP contribution in [0.25, 0.3) is 5.57 Å². The Labute approximate surface area is 185 Å². The summed E-state index contributed by atoms with van der Waals surface area (Å²) in [5.41, 5.74) is 6.10. The molecule has 0 radical (unpaired) electrons. The third kappa shape index (κ3) is 3.65. The fraction of sp³-hybridized carbons (Fsp3) is 0.577. The van der Waals surface area contributed by atoms with Crippen LogP contribution in [-0.4, -0.2) is 36.6 Å². The van der Waals surface area contributed by atoms with Gasteiger partial charge in [-0.1, -0.05) is 47.9 Å². The van der Waals surface area contributed by atoms with E-state index in [4.69, 9.17) is 16.3 Å². The average molecular weight is 426 g/mol. The number of fused-ring (bicyclic) bond motifs is 2. The lowest BCUT2D eigenvalue weighted by Crippen LogP contribution is -2.42. The van der Waals surface area contributed by atoms with Crippen LogP contribution in [0.3, 0.4) is 0 Å². The number of carbonyl (C=O) groups is 1. The second kappa shape index (κ2) is 7.84. The highest BCUT2D eigenvalue weighted by Gasteiger charge is 2.53. The SMILES string of the molecule is CC1=C2C[C@@H]3C(CN4CC=C(c5ccc(Cl)cc5)CC4)C(=O)O[C@@H]3C[C@@]2(C)CCC1. The third-order valence-corrected chi connectivity index (χ3v) is 8.40. The summed E-state index contributed by atoms with van der Waals surface area (Å²) in [5.74, 6) is 0.417. The molecule has 4 atom stereocenters. The van der Waals surface area contributed by atoms with Gasteiger partial charge < -0.3 is 4.74 Å². The zero-order valence-electron chi connectivity index (χ0n) is 18.1. The fourth-order valence-electron chi connectivity index (χ4n) is 6.40. The van der Waals surface area contributed by atoms with Crippen LogP contribution < -0.4 is 0 Å². The first-order chi connectivity index (χ1) is 14.4. The Morgan fingerprint density at radius 3 is 2.77 bits per heavy atom. The first-order valence-electron chi connectivity index (χ1n) is 11.5. The highest BCUT2D eigenvalue weighted by Crippen LogP contribution is 2.55. The van der Waals surface area contributed by atoms with Gasteiger partial charge in [0, 0.05) is 30.6 Å². The summed E-state index contributed by atoms with van der Waals surface area (Å²) in [6.07, 6.45) is 9.28. The maximum Gasteiger partial charge on any atom is 0.310 e. The van der Waals surface area contributed by atoms with Gasteiger partial charge in [-0.05, 0) is 74.1 Å². The number of ether oxygens (including phenoxy) is 1. The van der Waals surface area contributed by atoms with E-state index in [2.05, 4.69) is 37.0 Å². The van der Waals surface area contributed by atoms with Crippen molar-refractivity contribution < 1.29 is 9.53 Å². The fourth-order valence-corrected chi connectivity index (χ4v) is 6.53. The Bertz CT molecular complexity index is 902. The molecule has 5 rings (SSSR count). The Balaban J connectivity index is 1.28. The molecule has 0 aromatic heterocycles. The molecule has 0 spiro atoms. The van der Waals surface area contributed by atoms with Crippen LogP contribution in [0.4, 0.5) is 0 Å². The molecule has 2 fully saturated rings. The standard InChI is InChI=1S/C26H32ClNO2/c1-17-4-3-11-26(2)15-24-21(14-23(17)26)22(25(29)30-24)16-28-12-9-19(10-13-28)18-5-7-20(27)8-6-18/h5-9,21-22,24H,3-4,10-16H2,1-2H3/t21-,22?,24-,26-/m1/s1. The predicted octanol–water partition coefficient (Wildman–Crippen LogP) is 5.89. The molecule has 1 unspecified atom stereocenters. The summed E-state index contributed by atoms with van der Waals surface area (Å²) < 4.78 is 5.95. The van der Waals surface area contributed by atoms with E-state index in [9.17, 15) is 4.79 Å². The topological polar surface area (TPSA) is 29.5 Å². The highest BCUT2D eigenvalue weighted by molar-refractivity contribution is 6.30. The summed E-state index contributed by atoms with van der Waals surface area (Å²) in [4.78, 5) is 15.3. The summed E-state index contributed by atoms with van der Waals surface area (Å²) in [6, 6.07) is 8.11. The minimum absolute atomic E-state index is 0.0206. The number of hydrogen-bond acceptors (Lipinski definition) is 3. The van der Waals surface area contributed by atoms with Crippen molar-refractivity contribution in [2.24, 2.45) is 17.3 Å². The average Bonchev–Trinajstić information content (AvgIpc) is 3.01. The Morgan fingerprint density at radius 1 is 1.23 bits per heavy atom. The number of carbonyl (C=O) groups excluding carboxylic acids is 1. The predicted molar refractivity (Wildman–Crippen MR) is 121 cm³/mol. The smallest absolute Gasteiger partial charge is 0.310 e. The van der Waals surface area contributed by atoms with Crippen LogP contribution in [0.5, 0.6) is 0 Å². The number of allylic oxidation sites excluding steroid dienone is 2. The number of benzene rings is 1. The Hall–Kier alpha value is -1.58. The number of nitrogens with zero attached hydrogens (tertiary/aromatic N) is 1. The van der Waals surface area contributed by atoms with Crippen molar-refractivity contribution in [3.63, 3.8) is 0 Å². The minimum atomic E-state index is 0.0206. The molecule has 0 bridgehead atoms. The molecular weight excluding hydrogens is 394 g/mol. The van der Waals surface area contributed by atoms with Gasteiger partial charge in [-0.15, -0.1) is 0 Å². The van der Waals surface area contributed by atoms with Crippen molar-refractivity contribution in [3.8, 4) is 0 Å². The molecule has 1 aromatic carbocycles. The molecule has 3 nitrogen and oxygen atoms in total. The normalized spacial score (nSPS) is 34.3. The summed E-state index contributed by atoms with van der Waals surface area (Å²) in [6.45, 7) is 7.44. The monoisotopic (exact) mass is 425 g/mol. The van der Waals surface area contributed by atoms with Gasteiger partial charge in [0.15, 0.2) is 0 Å². The van der Waals surface area contributed by atoms with Gasteiger partial charge in [0.05, 0.1) is 5.92 Å². The van der Waals surface area contributed by atoms with Crippen molar-refractivity contribution in [1.82, 2.24) is 4.90 Å². The molecule has 4 aliphatic rings. The van der Waals surface area contributed by atoms with E-state index >= 15 is 0 Å². The van der Waals surface area contributed by atoms with Crippen molar-refractivity contribution in [1.29, 1.82) is 0 Å². The summed E-state index contributed by atoms with van der Waals surface area (Å²) >= 11 is 6.02. The van der Waals surface area contributed by atoms with Crippen molar-refractivity contribution in [3.05, 3.63) is 52.1 Å². The van der Waals surface area contributed by atoms with Crippen LogP contribution in [0.1, 0.15) is 57.9 Å². The molecule has 2 aliphatic heterocycles. The lowest BCUT2D eigenvalue weighted by atomic mass is 9.59. The molecule has 160 valence electrons. The number of hydrogen-bond donors (Lipinski definition) is 0. The first-order valence-corrected chi connectivity index (χ1v) is 11.9. The van der Waals surface area contributed by atoms with E-state index in [1.807, 2.05) is 12.1 Å². The minimum Gasteiger partial charge on any atom is -0.462 e. The van der Waals surface area contributed by atoms with Crippen LogP contribution in [0.2, 0.25) is 5.02 Å². The lowest BCUT2D eigenvalue weighted by molar-refractivity contribution is -0.145. The quantitative estimate of drug-likeness (QED) is 0.446. The van der Waals surface area contributed by atoms with Crippen LogP contribution >= 0.6 is 11.6 Å². The van der Waals surface area contributed by atoms with Crippen molar-refractivity contribution >= 4 is 23.1 Å². The van der Waals surface area contributed by atoms with Crippen LogP contribution in [-0.2, 0) is 9.53 Å². The second-order valence-corrected chi connectivity index (χ2v) is 10.5. The van der Waals surface area contributed by atoms with Gasteiger partial charge in [-0.25, -0.2) is 0 Å². The summed E-state index contributed by atoms with van der Waals surface area (Å²) in [5, 5.41) is 0.776. The first kappa shape index (κ1) is 20.3. The van der Waals surface area contributed by atoms with E-state index in [0.717, 1.165) is 43.9 Å². The number of rotatable bonds is 3. The van der Waals surface area contributed by atoms with Gasteiger partial charge >= 0.3 is 5.97 Å². The van der Waals surface area contributed by atoms with Gasteiger partial charge in [0.25, 0.3) is 0 Å². The van der Waals surface area contributed by atoms with E-state index < -0.39 is 0 Å². The maximum atomic E-state index is 12.8. The zero-order chi connectivity index (χ0) is 20.9. The largest absolute Gasteiger partial charge is 0.462 e. The van der Waals surface area contributed by atoms with E-state index in [1.165, 1.54) is 30.4 Å². The van der Waals surface area contributed by atoms with Crippen LogP contribution in [0.15, 0.2) is 41.5 Å². The summed E-state index contributed by atoms with van der Waals surface area (Å²) in [7, 11) is 0. The maximum absolute atomic E-state index is 12.8. The lowest BCUT2D eigenvalue weighted by Gasteiger charge is -2.46. The Kier molecular flexibility index (Phi) is 5.31. The molecule has 0 N–H and O–H groups in total. The molecule has 1 saturated heterocycles. The van der Waals surface area contributed by atoms with E-state index in [0.29, 0.717) is 5.92 Å². The van der Waals surface area contributed by atoms with E-state index in [1.54, 1.807) is 11.1 Å². The molecule has 1 saturated carbocycles. The Morgan fingerprint density at radius 2 is 2.03 bits per heavy atom. The van der Waals surface area contributed by atoms with Crippen molar-refractivity contribution in [2.75, 3.05) is 19.6 Å². The number of esters is 1. The second-order valence-electron chi connectivity index (χ2n) is 10.1. The van der Waals surface area contributed by atoms with Gasteiger partial charge in [-0.2, -0.15) is 0 Å². The molecule has 1 aromatic rings. The molecule has 0 amide bonds. The molecule has 2 aliphatic carbocycles. The molecule has 30 heavy (non-hydrogen) atoms. The molecular formula is C26H32ClNO2. The molecule has 2 heterocycles. The van der Waals surface area contributed by atoms with Gasteiger partial charge in [-0.3, -0.25) is 9.69 Å². The van der Waals surface area contributed by atoms with Gasteiger partial charge in [0.2, 0.25) is 0 Å². The van der Waals surface area contributed by atoms with Gasteiger partial charge in [0.1, 0.15) is 6.10 Å². The number of halogens is 1. The van der Waals surface area contributed by atoms with Crippen LogP contribution in [0, 0.1) is 17.3 Å². The molecule has 4 heteroatoms. The zero-order valence-corrected chi connectivity index (χ0v) is 18.9. The van der Waals surface area contributed by atoms with E-state index in [-0.39, 0.29) is 23.4 Å². The highest BCUT2D eigenvalue weighted by atomic mass is 35.5. The van der Waals surface area contributed by atoms with Crippen molar-refractivity contribution in [2.45, 2.75) is 58.5 Å².